The van der Waals surface area contributed by atoms with Crippen molar-refractivity contribution in [1.82, 2.24) is 5.32 Å². The SMILES string of the molecule is COc1ccc(C(NC2=NC(C)(c3cc(-c4ccc(C#N)cc4)ccc3F)C(F)(F)C(C)(C)OC2)(c2ccccc2)c2ccc(OC)cc2)cc1. The molecule has 0 spiro atoms. The van der Waals surface area contributed by atoms with Gasteiger partial charge in [0.05, 0.1) is 25.9 Å². The summed E-state index contributed by atoms with van der Waals surface area (Å²) in [5.74, 6) is -3.19. The third-order valence-electron chi connectivity index (χ3n) is 9.72. The zero-order valence-electron chi connectivity index (χ0n) is 29.0. The molecule has 1 heterocycles. The molecule has 1 N–H and O–H groups in total. The van der Waals surface area contributed by atoms with Crippen LogP contribution in [0.15, 0.2) is 126 Å². The Labute approximate surface area is 296 Å². The first-order valence-corrected chi connectivity index (χ1v) is 16.4. The fraction of sp³-hybridized carbons (Fsp3) is 0.238. The van der Waals surface area contributed by atoms with E-state index < -0.39 is 28.4 Å². The number of nitriles is 1. The number of aliphatic imine (C=N–C) groups is 1. The molecular formula is C42H38F3N3O3. The molecular weight excluding hydrogens is 651 g/mol. The first kappa shape index (κ1) is 35.2. The lowest BCUT2D eigenvalue weighted by molar-refractivity contribution is -0.214. The van der Waals surface area contributed by atoms with Crippen LogP contribution in [0.4, 0.5) is 13.2 Å². The van der Waals surface area contributed by atoms with E-state index in [1.165, 1.54) is 39.0 Å². The van der Waals surface area contributed by atoms with Crippen molar-refractivity contribution < 1.29 is 27.4 Å². The summed E-state index contributed by atoms with van der Waals surface area (Å²) in [4.78, 5) is 4.78. The predicted molar refractivity (Wildman–Crippen MR) is 192 cm³/mol. The van der Waals surface area contributed by atoms with Crippen molar-refractivity contribution in [3.63, 3.8) is 0 Å². The summed E-state index contributed by atoms with van der Waals surface area (Å²) >= 11 is 0. The van der Waals surface area contributed by atoms with Crippen LogP contribution in [0.5, 0.6) is 11.5 Å². The Balaban J connectivity index is 1.59. The molecule has 0 saturated carbocycles. The highest BCUT2D eigenvalue weighted by molar-refractivity contribution is 5.87. The van der Waals surface area contributed by atoms with E-state index >= 15 is 13.2 Å². The Morgan fingerprint density at radius 1 is 0.745 bits per heavy atom. The van der Waals surface area contributed by atoms with Crippen molar-refractivity contribution in [3.05, 3.63) is 155 Å². The van der Waals surface area contributed by atoms with Crippen LogP contribution >= 0.6 is 0 Å². The first-order valence-electron chi connectivity index (χ1n) is 16.4. The van der Waals surface area contributed by atoms with Crippen LogP contribution < -0.4 is 14.8 Å². The third kappa shape index (κ3) is 6.21. The van der Waals surface area contributed by atoms with Gasteiger partial charge in [0.1, 0.15) is 40.9 Å². The van der Waals surface area contributed by atoms with Gasteiger partial charge < -0.3 is 19.5 Å². The smallest absolute Gasteiger partial charge is 0.304 e. The molecule has 0 aromatic heterocycles. The molecule has 0 radical (unpaired) electrons. The Bertz CT molecular complexity index is 2030. The van der Waals surface area contributed by atoms with Gasteiger partial charge >= 0.3 is 5.92 Å². The Morgan fingerprint density at radius 3 is 1.80 bits per heavy atom. The molecule has 260 valence electrons. The van der Waals surface area contributed by atoms with E-state index in [1.54, 1.807) is 38.5 Å². The second-order valence-corrected chi connectivity index (χ2v) is 13.1. The molecule has 1 aliphatic rings. The van der Waals surface area contributed by atoms with E-state index in [0.29, 0.717) is 28.2 Å². The molecule has 1 aliphatic heterocycles. The number of hydrogen-bond donors (Lipinski definition) is 1. The highest BCUT2D eigenvalue weighted by Crippen LogP contribution is 2.51. The van der Waals surface area contributed by atoms with E-state index in [4.69, 9.17) is 19.2 Å². The maximum Gasteiger partial charge on any atom is 0.304 e. The number of halogens is 3. The number of rotatable bonds is 8. The van der Waals surface area contributed by atoms with Gasteiger partial charge in [-0.25, -0.2) is 13.2 Å². The third-order valence-corrected chi connectivity index (χ3v) is 9.72. The second-order valence-electron chi connectivity index (χ2n) is 13.1. The fourth-order valence-corrected chi connectivity index (χ4v) is 6.71. The average Bonchev–Trinajstić information content (AvgIpc) is 3.22. The minimum Gasteiger partial charge on any atom is -0.497 e. The van der Waals surface area contributed by atoms with Crippen LogP contribution in [0.3, 0.4) is 0 Å². The van der Waals surface area contributed by atoms with Crippen molar-refractivity contribution >= 4 is 5.84 Å². The highest BCUT2D eigenvalue weighted by Gasteiger charge is 2.64. The van der Waals surface area contributed by atoms with Crippen molar-refractivity contribution in [1.29, 1.82) is 5.26 Å². The zero-order valence-corrected chi connectivity index (χ0v) is 29.0. The molecule has 0 saturated heterocycles. The number of nitrogens with zero attached hydrogens (tertiary/aromatic N) is 2. The monoisotopic (exact) mass is 689 g/mol. The number of benzene rings is 5. The summed E-state index contributed by atoms with van der Waals surface area (Å²) in [5, 5.41) is 12.8. The van der Waals surface area contributed by atoms with E-state index in [9.17, 15) is 5.26 Å². The molecule has 5 aromatic carbocycles. The largest absolute Gasteiger partial charge is 0.497 e. The number of methoxy groups -OCH3 is 2. The van der Waals surface area contributed by atoms with E-state index in [0.717, 1.165) is 16.7 Å². The molecule has 0 fully saturated rings. The number of amidine groups is 1. The quantitative estimate of drug-likeness (QED) is 0.165. The van der Waals surface area contributed by atoms with E-state index in [-0.39, 0.29) is 18.0 Å². The van der Waals surface area contributed by atoms with Crippen LogP contribution in [0.2, 0.25) is 0 Å². The summed E-state index contributed by atoms with van der Waals surface area (Å²) < 4.78 is 67.0. The molecule has 6 rings (SSSR count). The van der Waals surface area contributed by atoms with E-state index in [2.05, 4.69) is 11.4 Å². The number of hydrogen-bond acceptors (Lipinski definition) is 6. The predicted octanol–water partition coefficient (Wildman–Crippen LogP) is 9.02. The standard InChI is InChI=1S/C42H38F3N3O3/c1-39(2)42(44,45)40(3,36-25-30(15-24-37(36)43)29-13-11-28(26-46)12-14-29)47-38(27-51-39)48-41(31-9-7-6-8-10-31,32-16-20-34(49-4)21-17-32)33-18-22-35(50-5)23-19-33/h6-25H,27H2,1-5H3,(H,47,48). The Kier molecular flexibility index (Phi) is 9.41. The molecule has 0 amide bonds. The lowest BCUT2D eigenvalue weighted by atomic mass is 9.76. The lowest BCUT2D eigenvalue weighted by Gasteiger charge is -2.42. The van der Waals surface area contributed by atoms with Crippen LogP contribution in [0, 0.1) is 17.1 Å². The zero-order chi connectivity index (χ0) is 36.4. The van der Waals surface area contributed by atoms with Gasteiger partial charge in [0.2, 0.25) is 0 Å². The highest BCUT2D eigenvalue weighted by atomic mass is 19.3. The topological polar surface area (TPSA) is 75.9 Å². The molecule has 5 aromatic rings. The van der Waals surface area contributed by atoms with Gasteiger partial charge in [-0.15, -0.1) is 0 Å². The maximum absolute atomic E-state index is 17.0. The lowest BCUT2D eigenvalue weighted by Crippen LogP contribution is -2.56. The molecule has 9 heteroatoms. The first-order chi connectivity index (χ1) is 24.4. The molecule has 0 bridgehead atoms. The minimum absolute atomic E-state index is 0.0846. The van der Waals surface area contributed by atoms with Gasteiger partial charge in [0.15, 0.2) is 5.54 Å². The van der Waals surface area contributed by atoms with Gasteiger partial charge in [-0.2, -0.15) is 5.26 Å². The van der Waals surface area contributed by atoms with E-state index in [1.807, 2.05) is 78.9 Å². The average molecular weight is 690 g/mol. The Morgan fingerprint density at radius 2 is 1.27 bits per heavy atom. The number of alkyl halides is 2. The second kappa shape index (κ2) is 13.6. The van der Waals surface area contributed by atoms with Crippen molar-refractivity contribution in [2.75, 3.05) is 20.8 Å². The van der Waals surface area contributed by atoms with Crippen molar-refractivity contribution in [3.8, 4) is 28.7 Å². The molecule has 51 heavy (non-hydrogen) atoms. The summed E-state index contributed by atoms with van der Waals surface area (Å²) in [5.41, 5.74) is -2.13. The van der Waals surface area contributed by atoms with Gasteiger partial charge in [0, 0.05) is 5.56 Å². The van der Waals surface area contributed by atoms with Crippen LogP contribution in [0.25, 0.3) is 11.1 Å². The summed E-state index contributed by atoms with van der Waals surface area (Å²) in [7, 11) is 3.16. The van der Waals surface area contributed by atoms with Gasteiger partial charge in [0.25, 0.3) is 0 Å². The summed E-state index contributed by atoms with van der Waals surface area (Å²) in [6.45, 7) is 3.51. The van der Waals surface area contributed by atoms with Gasteiger partial charge in [-0.1, -0.05) is 72.8 Å². The minimum atomic E-state index is -3.71. The number of nitrogens with one attached hydrogen (secondary N) is 1. The van der Waals surface area contributed by atoms with Crippen molar-refractivity contribution in [2.45, 2.75) is 43.4 Å². The summed E-state index contributed by atoms with van der Waals surface area (Å²) in [6.07, 6.45) is 0. The fourth-order valence-electron chi connectivity index (χ4n) is 6.71. The van der Waals surface area contributed by atoms with Gasteiger partial charge in [-0.05, 0) is 97.1 Å². The van der Waals surface area contributed by atoms with Crippen LogP contribution in [-0.4, -0.2) is 38.2 Å². The summed E-state index contributed by atoms with van der Waals surface area (Å²) in [6, 6.07) is 37.3. The maximum atomic E-state index is 17.0. The van der Waals surface area contributed by atoms with Crippen LogP contribution in [-0.2, 0) is 15.8 Å². The van der Waals surface area contributed by atoms with Crippen molar-refractivity contribution in [2.24, 2.45) is 4.99 Å². The molecule has 1 atom stereocenters. The van der Waals surface area contributed by atoms with Gasteiger partial charge in [-0.3, -0.25) is 4.99 Å². The normalized spacial score (nSPS) is 18.1. The number of ether oxygens (including phenoxy) is 3. The van der Waals surface area contributed by atoms with Crippen LogP contribution in [0.1, 0.15) is 48.6 Å². The molecule has 6 nitrogen and oxygen atoms in total. The Hall–Kier alpha value is -5.59. The molecule has 1 unspecified atom stereocenters. The molecule has 0 aliphatic carbocycles.